The van der Waals surface area contributed by atoms with E-state index in [4.69, 9.17) is 65.2 Å². The molecule has 16 aliphatic rings. The van der Waals surface area contributed by atoms with Gasteiger partial charge < -0.3 is 39.6 Å². The summed E-state index contributed by atoms with van der Waals surface area (Å²) in [6.45, 7) is 6.66. The first kappa shape index (κ1) is 62.7. The predicted octanol–water partition coefficient (Wildman–Crippen LogP) is 9.76. The van der Waals surface area contributed by atoms with E-state index in [1.165, 1.54) is 6.33 Å². The molecule has 2 aliphatic heterocycles. The number of halogens is 1. The second-order valence-electron chi connectivity index (χ2n) is 33.8. The van der Waals surface area contributed by atoms with Crippen LogP contribution in [-0.4, -0.2) is 134 Å². The molecule has 8 aromatic heterocycles. The smallest absolute Gasteiger partial charge is 0.330 e. The van der Waals surface area contributed by atoms with Gasteiger partial charge in [-0.05, 0) is 182 Å². The van der Waals surface area contributed by atoms with Gasteiger partial charge in [0.25, 0.3) is 0 Å². The summed E-state index contributed by atoms with van der Waals surface area (Å²) < 4.78 is 46.4. The number of methoxy groups -OCH3 is 1. The lowest BCUT2D eigenvalue weighted by atomic mass is 9.51. The third-order valence-corrected chi connectivity index (χ3v) is 27.6. The Hall–Kier alpha value is -7.88. The first-order valence-corrected chi connectivity index (χ1v) is 37.9. The number of pyridine rings is 1. The van der Waals surface area contributed by atoms with E-state index in [1.54, 1.807) is 27.7 Å². The zero-order valence-corrected chi connectivity index (χ0v) is 59.0. The Kier molecular flexibility index (Phi) is 13.7. The molecule has 12 saturated carbocycles. The van der Waals surface area contributed by atoms with Gasteiger partial charge in [-0.25, -0.2) is 38.8 Å². The molecule has 27 heteroatoms. The average molecular weight is 1400 g/mol. The highest BCUT2D eigenvalue weighted by Crippen LogP contribution is 2.65. The minimum Gasteiger partial charge on any atom is -0.378 e. The number of nitrogens with one attached hydrogen (secondary N) is 3. The highest BCUT2D eigenvalue weighted by atomic mass is 35.5. The van der Waals surface area contributed by atoms with Gasteiger partial charge in [0.15, 0.2) is 22.6 Å². The van der Waals surface area contributed by atoms with Gasteiger partial charge in [-0.15, -0.1) is 0 Å². The van der Waals surface area contributed by atoms with E-state index in [9.17, 15) is 4.79 Å². The number of hydrogen-bond acceptors (Lipinski definition) is 19. The van der Waals surface area contributed by atoms with Crippen LogP contribution in [0.5, 0.6) is 0 Å². The Balaban J connectivity index is 0.593. The van der Waals surface area contributed by atoms with Gasteiger partial charge in [-0.1, -0.05) is 29.8 Å². The number of fused-ring (bicyclic) bond motifs is 6. The highest BCUT2D eigenvalue weighted by molar-refractivity contribution is 6.32. The molecular weight excluding hydrogens is 1320 g/mol. The van der Waals surface area contributed by atoms with Crippen LogP contribution < -0.4 is 33.0 Å². The van der Waals surface area contributed by atoms with Crippen LogP contribution in [0.4, 0.5) is 23.5 Å². The molecule has 0 spiro atoms. The van der Waals surface area contributed by atoms with E-state index < -0.39 is 27.8 Å². The van der Waals surface area contributed by atoms with Gasteiger partial charge in [0.1, 0.15) is 22.9 Å². The Labute approximate surface area is 592 Å². The maximum Gasteiger partial charge on any atom is 0.330 e. The summed E-state index contributed by atoms with van der Waals surface area (Å²) in [5, 5.41) is 15.5. The standard InChI is InChI=1S/C75H87ClN18O8/c1-41-13-58-49(5-9-99-58)18-52(41)82-64-77-33-55-61(85-64)92(67(95)88(55)3)71-23-45-16-46(24-71)30-74(29-45,38-71)101-11-8-90-57-35-79-66(84-54-36-91-60(14-42(54)2)80-40-81-91)87-63(57)94(69(90)97)72-25-47-17-48(26-72)32-75(31-47,39-72)102-12-7-89-56-34-78-65(83-53-19-50-6-10-100-59(50)20-51(53)76)86-62(56)93(68(89)96)70-21-43-15-44(22-70)28-73(27-43,37-70)98-4/h13-14,18-20,33-36,40,43-50,58-59H,5-12,15-17,21-32,37-39H2,1-4H3,(H,77,82,85)(H,78,83,86)(H,79,84,87). The molecule has 14 aliphatic carbocycles. The molecule has 10 unspecified atom stereocenters. The zero-order valence-electron chi connectivity index (χ0n) is 58.3. The van der Waals surface area contributed by atoms with Crippen LogP contribution in [0.15, 0.2) is 97.9 Å². The topological polar surface area (TPSA) is 271 Å². The molecule has 24 rings (SSSR count). The molecule has 14 fully saturated rings. The fourth-order valence-electron chi connectivity index (χ4n) is 24.4. The third-order valence-electron chi connectivity index (χ3n) is 27.3. The Morgan fingerprint density at radius 1 is 0.559 bits per heavy atom. The lowest BCUT2D eigenvalue weighted by Crippen LogP contribution is -2.62. The van der Waals surface area contributed by atoms with E-state index >= 15 is 9.59 Å². The highest BCUT2D eigenvalue weighted by Gasteiger charge is 2.63. The first-order valence-electron chi connectivity index (χ1n) is 37.5. The van der Waals surface area contributed by atoms with Crippen molar-refractivity contribution in [2.75, 3.05) is 49.5 Å². The van der Waals surface area contributed by atoms with Crippen molar-refractivity contribution in [1.82, 2.24) is 71.9 Å². The largest absolute Gasteiger partial charge is 0.378 e. The van der Waals surface area contributed by atoms with E-state index in [1.807, 2.05) is 62.3 Å². The van der Waals surface area contributed by atoms with Gasteiger partial charge in [-0.3, -0.25) is 27.4 Å². The number of nitrogens with zero attached hydrogens (tertiary/aromatic N) is 15. The molecule has 2 saturated heterocycles. The minimum atomic E-state index is -0.627. The zero-order chi connectivity index (χ0) is 68.6. The quantitative estimate of drug-likeness (QED) is 0.0721. The molecule has 0 radical (unpaired) electrons. The van der Waals surface area contributed by atoms with E-state index in [0.29, 0.717) is 124 Å². The molecule has 102 heavy (non-hydrogen) atoms. The lowest BCUT2D eigenvalue weighted by molar-refractivity contribution is -0.189. The van der Waals surface area contributed by atoms with E-state index in [0.717, 1.165) is 156 Å². The Bertz CT molecular complexity index is 5160. The summed E-state index contributed by atoms with van der Waals surface area (Å²) in [5.74, 6) is 3.95. The summed E-state index contributed by atoms with van der Waals surface area (Å²) in [6.07, 6.45) is 35.3. The van der Waals surface area contributed by atoms with Crippen LogP contribution in [0.25, 0.3) is 39.1 Å². The van der Waals surface area contributed by atoms with Gasteiger partial charge >= 0.3 is 17.1 Å². The first-order chi connectivity index (χ1) is 49.4. The van der Waals surface area contributed by atoms with Crippen LogP contribution in [-0.2, 0) is 60.4 Å². The number of hydrogen-bond donors (Lipinski definition) is 3. The van der Waals surface area contributed by atoms with Gasteiger partial charge in [-0.2, -0.15) is 20.1 Å². The maximum absolute atomic E-state index is 16.1. The number of imidazole rings is 3. The van der Waals surface area contributed by atoms with Gasteiger partial charge in [0.05, 0.1) is 113 Å². The van der Waals surface area contributed by atoms with Crippen molar-refractivity contribution in [3.63, 3.8) is 0 Å². The molecule has 0 amide bonds. The summed E-state index contributed by atoms with van der Waals surface area (Å²) in [4.78, 5) is 81.4. The fraction of sp³-hybridized carbons (Fsp3) is 0.613. The second kappa shape index (κ2) is 22.3. The lowest BCUT2D eigenvalue weighted by Gasteiger charge is -2.61. The molecule has 532 valence electrons. The SMILES string of the molecule is COC12CC3CC(C1)CC(n1c(=O)n(CCOC45CC6CC(C4)CC(n4c(=O)n(CCOC78CC9CC(C7)CC(n7c(=O)n(C)c%10cnc(NC%11=CC%12CCOC%12C=C%11C)nc%107)(C9)C8)c7cnc(Nc8cn9ncnc9cc8C)nc74)(C6)C5)c4cnc(NC5=CC6CCOC6C=C5Cl)nc41)(C3)C2. The molecular formula is C75H87ClN18O8. The summed E-state index contributed by atoms with van der Waals surface area (Å²) in [7, 11) is 3.68. The normalized spacial score (nSPS) is 35.8. The van der Waals surface area contributed by atoms with Crippen LogP contribution in [0, 0.1) is 54.3 Å². The fourth-order valence-corrected chi connectivity index (χ4v) is 24.6. The number of rotatable bonds is 18. The van der Waals surface area contributed by atoms with Crippen molar-refractivity contribution in [3.8, 4) is 0 Å². The van der Waals surface area contributed by atoms with E-state index in [-0.39, 0.29) is 60.6 Å². The van der Waals surface area contributed by atoms with Crippen molar-refractivity contribution in [1.29, 1.82) is 0 Å². The molecule has 8 aromatic rings. The number of aromatic nitrogens is 15. The molecule has 0 aromatic carbocycles. The molecule has 10 atom stereocenters. The minimum absolute atomic E-state index is 0.0447. The molecule has 26 nitrogen and oxygen atoms in total. The second-order valence-corrected chi connectivity index (χ2v) is 34.2. The van der Waals surface area contributed by atoms with Crippen molar-refractivity contribution >= 4 is 74.3 Å². The predicted molar refractivity (Wildman–Crippen MR) is 379 cm³/mol. The van der Waals surface area contributed by atoms with Crippen molar-refractivity contribution in [2.45, 2.75) is 201 Å². The van der Waals surface area contributed by atoms with Gasteiger partial charge in [0.2, 0.25) is 17.8 Å². The van der Waals surface area contributed by atoms with Crippen LogP contribution in [0.1, 0.15) is 141 Å². The Morgan fingerprint density at radius 2 is 1.02 bits per heavy atom. The van der Waals surface area contributed by atoms with Crippen molar-refractivity contribution in [3.05, 3.63) is 121 Å². The van der Waals surface area contributed by atoms with Crippen LogP contribution in [0.2, 0.25) is 0 Å². The number of allylic oxidation sites excluding steroid dienone is 2. The van der Waals surface area contributed by atoms with Crippen molar-refractivity contribution in [2.24, 2.45) is 54.4 Å². The summed E-state index contributed by atoms with van der Waals surface area (Å²) in [5.41, 5.74) is 5.77. The molecule has 3 N–H and O–H groups in total. The molecule has 12 bridgehead atoms. The Morgan fingerprint density at radius 3 is 1.56 bits per heavy atom. The van der Waals surface area contributed by atoms with Crippen molar-refractivity contribution < 1.29 is 23.7 Å². The van der Waals surface area contributed by atoms with Gasteiger partial charge in [0, 0.05) is 64.2 Å². The number of anilines is 4. The summed E-state index contributed by atoms with van der Waals surface area (Å²) >= 11 is 6.90. The molecule has 10 heterocycles. The number of ether oxygens (including phenoxy) is 5. The average Bonchev–Trinajstić information content (AvgIpc) is 1.37. The monoisotopic (exact) mass is 1400 g/mol. The van der Waals surface area contributed by atoms with E-state index in [2.05, 4.69) is 51.2 Å². The number of aryl methyl sites for hydroxylation is 2. The maximum atomic E-state index is 16.1. The third kappa shape index (κ3) is 9.61. The van der Waals surface area contributed by atoms with Crippen LogP contribution in [0.3, 0.4) is 0 Å². The summed E-state index contributed by atoms with van der Waals surface area (Å²) in [6, 6.07) is 1.97. The van der Waals surface area contributed by atoms with Crippen LogP contribution >= 0.6 is 11.6 Å².